The van der Waals surface area contributed by atoms with Gasteiger partial charge in [0.05, 0.1) is 18.2 Å². The Morgan fingerprint density at radius 3 is 3.00 bits per heavy atom. The van der Waals surface area contributed by atoms with Crippen molar-refractivity contribution in [2.24, 2.45) is 0 Å². The summed E-state index contributed by atoms with van der Waals surface area (Å²) in [4.78, 5) is 7.16. The summed E-state index contributed by atoms with van der Waals surface area (Å²) in [7, 11) is 1.99. The zero-order chi connectivity index (χ0) is 11.4. The third-order valence-electron chi connectivity index (χ3n) is 2.77. The molecule has 1 aromatic heterocycles. The molecule has 2 rings (SSSR count). The molecule has 1 heterocycles. The van der Waals surface area contributed by atoms with E-state index in [9.17, 15) is 0 Å². The number of aromatic nitrogens is 2. The average molecular weight is 215 g/mol. The van der Waals surface area contributed by atoms with E-state index in [2.05, 4.69) is 46.5 Å². The van der Waals surface area contributed by atoms with Crippen LogP contribution >= 0.6 is 0 Å². The number of H-pyrrole nitrogens is 1. The summed E-state index contributed by atoms with van der Waals surface area (Å²) in [5.41, 5.74) is 3.60. The lowest BCUT2D eigenvalue weighted by atomic mass is 10.0. The smallest absolute Gasteiger partial charge is 0.0924 e. The van der Waals surface area contributed by atoms with E-state index >= 15 is 0 Å². The van der Waals surface area contributed by atoms with Crippen molar-refractivity contribution < 1.29 is 0 Å². The van der Waals surface area contributed by atoms with Crippen molar-refractivity contribution in [1.29, 1.82) is 0 Å². The molecular weight excluding hydrogens is 198 g/mol. The van der Waals surface area contributed by atoms with Gasteiger partial charge in [-0.15, -0.1) is 0 Å². The van der Waals surface area contributed by atoms with Crippen LogP contribution in [0.5, 0.6) is 0 Å². The molecule has 84 valence electrons. The van der Waals surface area contributed by atoms with E-state index in [0.717, 1.165) is 12.1 Å². The fraction of sp³-hybridized carbons (Fsp3) is 0.308. The minimum absolute atomic E-state index is 0.497. The van der Waals surface area contributed by atoms with E-state index in [1.165, 1.54) is 11.1 Å². The fourth-order valence-corrected chi connectivity index (χ4v) is 1.74. The van der Waals surface area contributed by atoms with Crippen LogP contribution in [0.1, 0.15) is 12.5 Å². The molecule has 0 amide bonds. The fourth-order valence-electron chi connectivity index (χ4n) is 1.74. The van der Waals surface area contributed by atoms with Gasteiger partial charge >= 0.3 is 0 Å². The monoisotopic (exact) mass is 215 g/mol. The molecule has 16 heavy (non-hydrogen) atoms. The van der Waals surface area contributed by atoms with Gasteiger partial charge in [0.2, 0.25) is 0 Å². The van der Waals surface area contributed by atoms with Crippen LogP contribution in [0.15, 0.2) is 36.8 Å². The molecular formula is C13H17N3. The zero-order valence-corrected chi connectivity index (χ0v) is 9.70. The Morgan fingerprint density at radius 2 is 2.31 bits per heavy atom. The van der Waals surface area contributed by atoms with Crippen LogP contribution in [0, 0.1) is 0 Å². The molecule has 0 aliphatic rings. The van der Waals surface area contributed by atoms with Gasteiger partial charge in [-0.3, -0.25) is 0 Å². The van der Waals surface area contributed by atoms with Crippen molar-refractivity contribution in [1.82, 2.24) is 15.3 Å². The predicted molar refractivity (Wildman–Crippen MR) is 66.2 cm³/mol. The number of rotatable bonds is 4. The third-order valence-corrected chi connectivity index (χ3v) is 2.77. The lowest BCUT2D eigenvalue weighted by molar-refractivity contribution is 0.608. The predicted octanol–water partition coefficient (Wildman–Crippen LogP) is 2.23. The molecule has 0 fully saturated rings. The van der Waals surface area contributed by atoms with Gasteiger partial charge in [-0.1, -0.05) is 18.2 Å². The molecule has 0 saturated carbocycles. The van der Waals surface area contributed by atoms with Gasteiger partial charge < -0.3 is 10.3 Å². The molecule has 3 heteroatoms. The minimum Gasteiger partial charge on any atom is -0.345 e. The number of hydrogen-bond donors (Lipinski definition) is 2. The van der Waals surface area contributed by atoms with Crippen LogP contribution in [0.4, 0.5) is 0 Å². The van der Waals surface area contributed by atoms with Crippen LogP contribution in [-0.4, -0.2) is 23.1 Å². The molecule has 0 radical (unpaired) electrons. The molecule has 1 atom stereocenters. The maximum Gasteiger partial charge on any atom is 0.0924 e. The van der Waals surface area contributed by atoms with Crippen molar-refractivity contribution in [2.45, 2.75) is 19.4 Å². The summed E-state index contributed by atoms with van der Waals surface area (Å²) in [5.74, 6) is 0. The second-order valence-corrected chi connectivity index (χ2v) is 4.06. The topological polar surface area (TPSA) is 40.7 Å². The molecule has 0 spiro atoms. The molecule has 0 aliphatic heterocycles. The van der Waals surface area contributed by atoms with Crippen molar-refractivity contribution >= 4 is 0 Å². The second-order valence-electron chi connectivity index (χ2n) is 4.06. The highest BCUT2D eigenvalue weighted by Crippen LogP contribution is 2.18. The van der Waals surface area contributed by atoms with Gasteiger partial charge in [0.15, 0.2) is 0 Å². The molecule has 0 saturated heterocycles. The molecule has 1 unspecified atom stereocenters. The number of imidazole rings is 1. The number of likely N-dealkylation sites (N-methyl/N-ethyl adjacent to an activating group) is 1. The highest BCUT2D eigenvalue weighted by Gasteiger charge is 2.03. The molecule has 3 nitrogen and oxygen atoms in total. The first-order valence-electron chi connectivity index (χ1n) is 5.54. The van der Waals surface area contributed by atoms with Crippen LogP contribution in [0.3, 0.4) is 0 Å². The maximum absolute atomic E-state index is 4.04. The highest BCUT2D eigenvalue weighted by molar-refractivity contribution is 5.58. The largest absolute Gasteiger partial charge is 0.345 e. The molecule has 2 N–H and O–H groups in total. The summed E-state index contributed by atoms with van der Waals surface area (Å²) in [6, 6.07) is 9.06. The first kappa shape index (κ1) is 10.9. The Bertz CT molecular complexity index is 434. The molecule has 0 aliphatic carbocycles. The maximum atomic E-state index is 4.04. The number of benzene rings is 1. The lowest BCUT2D eigenvalue weighted by Crippen LogP contribution is -2.23. The van der Waals surface area contributed by atoms with E-state index in [4.69, 9.17) is 0 Å². The van der Waals surface area contributed by atoms with Crippen molar-refractivity contribution in [3.8, 4) is 11.3 Å². The quantitative estimate of drug-likeness (QED) is 0.821. The van der Waals surface area contributed by atoms with Gasteiger partial charge in [0, 0.05) is 6.04 Å². The van der Waals surface area contributed by atoms with Crippen LogP contribution < -0.4 is 5.32 Å². The molecule has 1 aromatic carbocycles. The average Bonchev–Trinajstić information content (AvgIpc) is 2.83. The number of aromatic amines is 1. The summed E-state index contributed by atoms with van der Waals surface area (Å²) >= 11 is 0. The Morgan fingerprint density at radius 1 is 1.44 bits per heavy atom. The molecule has 0 bridgehead atoms. The van der Waals surface area contributed by atoms with E-state index < -0.39 is 0 Å². The third kappa shape index (κ3) is 2.49. The Hall–Kier alpha value is -1.61. The summed E-state index contributed by atoms with van der Waals surface area (Å²) in [6.45, 7) is 2.18. The second kappa shape index (κ2) is 4.94. The van der Waals surface area contributed by atoms with Crippen molar-refractivity contribution in [3.05, 3.63) is 42.4 Å². The lowest BCUT2D eigenvalue weighted by Gasteiger charge is -2.10. The van der Waals surface area contributed by atoms with Crippen LogP contribution in [0.25, 0.3) is 11.3 Å². The Labute approximate surface area is 95.9 Å². The summed E-state index contributed by atoms with van der Waals surface area (Å²) in [5, 5.41) is 3.25. The van der Waals surface area contributed by atoms with E-state index in [1.54, 1.807) is 6.33 Å². The van der Waals surface area contributed by atoms with Gasteiger partial charge in [-0.2, -0.15) is 0 Å². The normalized spacial score (nSPS) is 12.6. The van der Waals surface area contributed by atoms with Crippen LogP contribution in [-0.2, 0) is 6.42 Å². The number of nitrogens with zero attached hydrogens (tertiary/aromatic N) is 1. The first-order chi connectivity index (χ1) is 7.79. The summed E-state index contributed by atoms with van der Waals surface area (Å²) < 4.78 is 0. The van der Waals surface area contributed by atoms with Gasteiger partial charge in [0.1, 0.15) is 0 Å². The standard InChI is InChI=1S/C13H17N3/c1-10(14-2)6-11-4-3-5-12(7-11)13-8-15-9-16-13/h3-5,7-10,14H,6H2,1-2H3,(H,15,16). The number of hydrogen-bond acceptors (Lipinski definition) is 2. The van der Waals surface area contributed by atoms with Gasteiger partial charge in [0.25, 0.3) is 0 Å². The van der Waals surface area contributed by atoms with Crippen molar-refractivity contribution in [3.63, 3.8) is 0 Å². The van der Waals surface area contributed by atoms with E-state index in [0.29, 0.717) is 6.04 Å². The van der Waals surface area contributed by atoms with Crippen LogP contribution in [0.2, 0.25) is 0 Å². The van der Waals surface area contributed by atoms with Crippen molar-refractivity contribution in [2.75, 3.05) is 7.05 Å². The Kier molecular flexibility index (Phi) is 3.37. The zero-order valence-electron chi connectivity index (χ0n) is 9.70. The first-order valence-corrected chi connectivity index (χ1v) is 5.54. The number of nitrogens with one attached hydrogen (secondary N) is 2. The highest BCUT2D eigenvalue weighted by atomic mass is 14.9. The minimum atomic E-state index is 0.497. The SMILES string of the molecule is CNC(C)Cc1cccc(-c2cnc[nH]2)c1. The van der Waals surface area contributed by atoms with E-state index in [1.807, 2.05) is 13.2 Å². The summed E-state index contributed by atoms with van der Waals surface area (Å²) in [6.07, 6.45) is 4.59. The Balaban J connectivity index is 2.20. The molecule has 2 aromatic rings. The van der Waals surface area contributed by atoms with Gasteiger partial charge in [-0.05, 0) is 37.6 Å². The van der Waals surface area contributed by atoms with Gasteiger partial charge in [-0.25, -0.2) is 4.98 Å². The van der Waals surface area contributed by atoms with E-state index in [-0.39, 0.29) is 0 Å².